The number of aromatic nitrogens is 1. The lowest BCUT2D eigenvalue weighted by Crippen LogP contribution is -2.37. The molecule has 7 heteroatoms. The molecule has 1 aromatic carbocycles. The lowest BCUT2D eigenvalue weighted by Gasteiger charge is -2.12. The fourth-order valence-corrected chi connectivity index (χ4v) is 3.34. The molecular formula is C20H29N5OS. The largest absolute Gasteiger partial charge is 0.356 e. The summed E-state index contributed by atoms with van der Waals surface area (Å²) in [5.41, 5.74) is 1.95. The van der Waals surface area contributed by atoms with Crippen LogP contribution in [0.1, 0.15) is 42.1 Å². The summed E-state index contributed by atoms with van der Waals surface area (Å²) in [4.78, 5) is 21.6. The second-order valence-electron chi connectivity index (χ2n) is 6.17. The van der Waals surface area contributed by atoms with Crippen molar-refractivity contribution >= 4 is 28.9 Å². The van der Waals surface area contributed by atoms with E-state index in [9.17, 15) is 4.79 Å². The van der Waals surface area contributed by atoms with Gasteiger partial charge in [-0.25, -0.2) is 4.98 Å². The molecule has 0 saturated heterocycles. The van der Waals surface area contributed by atoms with Crippen molar-refractivity contribution in [3.05, 3.63) is 45.9 Å². The molecule has 146 valence electrons. The van der Waals surface area contributed by atoms with Crippen LogP contribution in [0.25, 0.3) is 0 Å². The zero-order valence-electron chi connectivity index (χ0n) is 16.3. The summed E-state index contributed by atoms with van der Waals surface area (Å²) in [6.07, 6.45) is 5.28. The smallest absolute Gasteiger partial charge is 0.224 e. The molecule has 0 radical (unpaired) electrons. The average molecular weight is 388 g/mol. The van der Waals surface area contributed by atoms with Crippen molar-refractivity contribution in [1.82, 2.24) is 15.6 Å². The number of carbonyl (C=O) groups excluding carboxylic acids is 1. The quantitative estimate of drug-likeness (QED) is 0.455. The molecule has 3 N–H and O–H groups in total. The second-order valence-corrected chi connectivity index (χ2v) is 7.37. The molecular weight excluding hydrogens is 358 g/mol. The van der Waals surface area contributed by atoms with Crippen molar-refractivity contribution in [2.45, 2.75) is 46.1 Å². The van der Waals surface area contributed by atoms with Gasteiger partial charge in [0.1, 0.15) is 0 Å². The molecule has 0 aliphatic rings. The zero-order valence-corrected chi connectivity index (χ0v) is 17.2. The monoisotopic (exact) mass is 387 g/mol. The molecule has 0 fully saturated rings. The van der Waals surface area contributed by atoms with E-state index in [0.29, 0.717) is 13.0 Å². The highest BCUT2D eigenvalue weighted by Crippen LogP contribution is 2.13. The van der Waals surface area contributed by atoms with Gasteiger partial charge in [0.25, 0.3) is 0 Å². The van der Waals surface area contributed by atoms with Crippen LogP contribution in [0.5, 0.6) is 0 Å². The summed E-state index contributed by atoms with van der Waals surface area (Å²) in [5.74, 6) is 0.821. The SMILES string of the molecule is CCCC(=O)Nc1ccc(CNC(=NC)NCCc2ncc(CC)s2)cc1. The van der Waals surface area contributed by atoms with Gasteiger partial charge in [-0.2, -0.15) is 0 Å². The first kappa shape index (κ1) is 20.9. The van der Waals surface area contributed by atoms with E-state index < -0.39 is 0 Å². The molecule has 2 aromatic rings. The van der Waals surface area contributed by atoms with Gasteiger partial charge >= 0.3 is 0 Å². The normalized spacial score (nSPS) is 11.3. The Morgan fingerprint density at radius 1 is 1.19 bits per heavy atom. The molecule has 0 unspecified atom stereocenters. The van der Waals surface area contributed by atoms with Gasteiger partial charge in [0.2, 0.25) is 5.91 Å². The van der Waals surface area contributed by atoms with E-state index in [0.717, 1.165) is 48.0 Å². The molecule has 0 bridgehead atoms. The number of hydrogen-bond donors (Lipinski definition) is 3. The maximum atomic E-state index is 11.6. The lowest BCUT2D eigenvalue weighted by atomic mass is 10.2. The number of hydrogen-bond acceptors (Lipinski definition) is 4. The predicted octanol–water partition coefficient (Wildman–Crippen LogP) is 3.35. The molecule has 1 amide bonds. The zero-order chi connectivity index (χ0) is 19.5. The summed E-state index contributed by atoms with van der Waals surface area (Å²) in [7, 11) is 1.76. The molecule has 1 heterocycles. The molecule has 0 atom stereocenters. The topological polar surface area (TPSA) is 78.4 Å². The third kappa shape index (κ3) is 7.38. The maximum Gasteiger partial charge on any atom is 0.224 e. The van der Waals surface area contributed by atoms with Gasteiger partial charge in [-0.15, -0.1) is 11.3 Å². The van der Waals surface area contributed by atoms with E-state index in [-0.39, 0.29) is 5.91 Å². The van der Waals surface area contributed by atoms with E-state index in [1.807, 2.05) is 37.4 Å². The van der Waals surface area contributed by atoms with Gasteiger partial charge in [-0.1, -0.05) is 26.0 Å². The van der Waals surface area contributed by atoms with Crippen LogP contribution in [0, 0.1) is 0 Å². The van der Waals surface area contributed by atoms with Gasteiger partial charge in [-0.3, -0.25) is 9.79 Å². The van der Waals surface area contributed by atoms with Crippen molar-refractivity contribution in [2.24, 2.45) is 4.99 Å². The highest BCUT2D eigenvalue weighted by Gasteiger charge is 2.03. The summed E-state index contributed by atoms with van der Waals surface area (Å²) < 4.78 is 0. The van der Waals surface area contributed by atoms with E-state index in [4.69, 9.17) is 0 Å². The Morgan fingerprint density at radius 2 is 1.96 bits per heavy atom. The van der Waals surface area contributed by atoms with Gasteiger partial charge in [0.05, 0.1) is 5.01 Å². The first-order chi connectivity index (χ1) is 13.1. The molecule has 0 aliphatic heterocycles. The van der Waals surface area contributed by atoms with Gasteiger partial charge in [0.15, 0.2) is 5.96 Å². The van der Waals surface area contributed by atoms with Crippen LogP contribution >= 0.6 is 11.3 Å². The predicted molar refractivity (Wildman–Crippen MR) is 113 cm³/mol. The van der Waals surface area contributed by atoms with E-state index in [2.05, 4.69) is 32.9 Å². The fourth-order valence-electron chi connectivity index (χ4n) is 2.48. The van der Waals surface area contributed by atoms with Crippen molar-refractivity contribution in [3.63, 3.8) is 0 Å². The number of nitrogens with one attached hydrogen (secondary N) is 3. The Kier molecular flexibility index (Phi) is 8.77. The molecule has 0 spiro atoms. The molecule has 2 rings (SSSR count). The van der Waals surface area contributed by atoms with Gasteiger partial charge in [-0.05, 0) is 30.5 Å². The highest BCUT2D eigenvalue weighted by molar-refractivity contribution is 7.11. The van der Waals surface area contributed by atoms with Gasteiger partial charge in [0, 0.05) is 49.7 Å². The standard InChI is InChI=1S/C20H29N5OS/c1-4-6-18(26)25-16-9-7-15(8-10-16)13-24-20(21-3)22-12-11-19-23-14-17(5-2)27-19/h7-10,14H,4-6,11-13H2,1-3H3,(H,25,26)(H2,21,22,24). The number of rotatable bonds is 9. The molecule has 6 nitrogen and oxygen atoms in total. The highest BCUT2D eigenvalue weighted by atomic mass is 32.1. The Balaban J connectivity index is 1.74. The average Bonchev–Trinajstić information content (AvgIpc) is 3.14. The first-order valence-electron chi connectivity index (χ1n) is 9.41. The lowest BCUT2D eigenvalue weighted by molar-refractivity contribution is -0.116. The third-order valence-electron chi connectivity index (χ3n) is 3.98. The Bertz CT molecular complexity index is 739. The first-order valence-corrected chi connectivity index (χ1v) is 10.2. The summed E-state index contributed by atoms with van der Waals surface area (Å²) in [5, 5.41) is 10.7. The van der Waals surface area contributed by atoms with E-state index in [1.54, 1.807) is 18.4 Å². The summed E-state index contributed by atoms with van der Waals surface area (Å²) in [6, 6.07) is 7.86. The van der Waals surface area contributed by atoms with Crippen molar-refractivity contribution < 1.29 is 4.79 Å². The van der Waals surface area contributed by atoms with Crippen molar-refractivity contribution in [3.8, 4) is 0 Å². The molecule has 0 aliphatic carbocycles. The Hall–Kier alpha value is -2.41. The minimum absolute atomic E-state index is 0.0549. The maximum absolute atomic E-state index is 11.6. The summed E-state index contributed by atoms with van der Waals surface area (Å²) >= 11 is 1.77. The number of thiazole rings is 1. The van der Waals surface area contributed by atoms with Crippen LogP contribution in [0.2, 0.25) is 0 Å². The van der Waals surface area contributed by atoms with Crippen molar-refractivity contribution in [1.29, 1.82) is 0 Å². The van der Waals surface area contributed by atoms with Crippen LogP contribution in [-0.4, -0.2) is 30.4 Å². The number of amides is 1. The summed E-state index contributed by atoms with van der Waals surface area (Å²) in [6.45, 7) is 5.60. The third-order valence-corrected chi connectivity index (χ3v) is 5.18. The fraction of sp³-hybridized carbons (Fsp3) is 0.450. The molecule has 27 heavy (non-hydrogen) atoms. The van der Waals surface area contributed by atoms with Crippen LogP contribution in [0.15, 0.2) is 35.5 Å². The number of benzene rings is 1. The Morgan fingerprint density at radius 3 is 2.59 bits per heavy atom. The van der Waals surface area contributed by atoms with E-state index in [1.165, 1.54) is 4.88 Å². The number of anilines is 1. The van der Waals surface area contributed by atoms with Crippen LogP contribution in [0.4, 0.5) is 5.69 Å². The number of carbonyl (C=O) groups is 1. The van der Waals surface area contributed by atoms with Crippen molar-refractivity contribution in [2.75, 3.05) is 18.9 Å². The number of nitrogens with zero attached hydrogens (tertiary/aromatic N) is 2. The molecule has 0 saturated carbocycles. The number of guanidine groups is 1. The van der Waals surface area contributed by atoms with Crippen LogP contribution < -0.4 is 16.0 Å². The van der Waals surface area contributed by atoms with Gasteiger partial charge < -0.3 is 16.0 Å². The number of aliphatic imine (C=N–C) groups is 1. The minimum Gasteiger partial charge on any atom is -0.356 e. The van der Waals surface area contributed by atoms with Crippen LogP contribution in [0.3, 0.4) is 0 Å². The van der Waals surface area contributed by atoms with E-state index >= 15 is 0 Å². The molecule has 1 aromatic heterocycles. The number of aryl methyl sites for hydroxylation is 1. The minimum atomic E-state index is 0.0549. The second kappa shape index (κ2) is 11.3. The van der Waals surface area contributed by atoms with Crippen LogP contribution in [-0.2, 0) is 24.2 Å². The Labute approximate surface area is 165 Å².